The molecule has 0 fully saturated rings. The van der Waals surface area contributed by atoms with Crippen molar-refractivity contribution in [2.75, 3.05) is 0 Å². The van der Waals surface area contributed by atoms with Crippen molar-refractivity contribution >= 4 is 28.0 Å². The van der Waals surface area contributed by atoms with Crippen LogP contribution in [-0.4, -0.2) is 22.8 Å². The molecule has 0 unspecified atom stereocenters. The van der Waals surface area contributed by atoms with Gasteiger partial charge < -0.3 is 0 Å². The highest BCUT2D eigenvalue weighted by Gasteiger charge is 1.96. The third-order valence-electron chi connectivity index (χ3n) is 1.34. The lowest BCUT2D eigenvalue weighted by Gasteiger charge is -1.96. The van der Waals surface area contributed by atoms with Crippen molar-refractivity contribution in [3.63, 3.8) is 0 Å². The van der Waals surface area contributed by atoms with E-state index in [1.54, 1.807) is 18.2 Å². The predicted octanol–water partition coefficient (Wildman–Crippen LogP) is 0.105. The summed E-state index contributed by atoms with van der Waals surface area (Å²) >= 11 is 0. The second kappa shape index (κ2) is 3.25. The van der Waals surface area contributed by atoms with Gasteiger partial charge in [0.2, 0.25) is 0 Å². The molecule has 1 rings (SSSR count). The molecule has 1 aromatic rings. The SMILES string of the molecule is O=Cc1ccc(C=O)c([Si])c1. The van der Waals surface area contributed by atoms with E-state index in [2.05, 4.69) is 10.2 Å². The molecule has 0 aliphatic heterocycles. The van der Waals surface area contributed by atoms with Crippen LogP contribution in [0.5, 0.6) is 0 Å². The minimum absolute atomic E-state index is 0.548. The van der Waals surface area contributed by atoms with Crippen LogP contribution in [0, 0.1) is 0 Å². The van der Waals surface area contributed by atoms with E-state index in [-0.39, 0.29) is 0 Å². The van der Waals surface area contributed by atoms with E-state index in [1.165, 1.54) is 0 Å². The summed E-state index contributed by atoms with van der Waals surface area (Å²) in [6.45, 7) is 0. The number of rotatable bonds is 2. The van der Waals surface area contributed by atoms with Crippen molar-refractivity contribution < 1.29 is 9.59 Å². The topological polar surface area (TPSA) is 34.1 Å². The van der Waals surface area contributed by atoms with E-state index >= 15 is 0 Å². The van der Waals surface area contributed by atoms with Gasteiger partial charge in [0.05, 0.1) is 10.2 Å². The number of aldehydes is 2. The lowest BCUT2D eigenvalue weighted by atomic mass is 10.2. The van der Waals surface area contributed by atoms with Gasteiger partial charge in [0.15, 0.2) is 0 Å². The molecule has 0 bridgehead atoms. The molecular formula is C8H5O2Si. The monoisotopic (exact) mass is 161 g/mol. The van der Waals surface area contributed by atoms with Gasteiger partial charge in [-0.2, -0.15) is 0 Å². The molecule has 11 heavy (non-hydrogen) atoms. The predicted molar refractivity (Wildman–Crippen MR) is 42.6 cm³/mol. The summed E-state index contributed by atoms with van der Waals surface area (Å²) in [4.78, 5) is 20.6. The smallest absolute Gasteiger partial charge is 0.150 e. The molecule has 0 atom stereocenters. The van der Waals surface area contributed by atoms with Gasteiger partial charge in [-0.3, -0.25) is 9.59 Å². The fourth-order valence-electron chi connectivity index (χ4n) is 0.750. The van der Waals surface area contributed by atoms with Crippen molar-refractivity contribution in [1.82, 2.24) is 0 Å². The van der Waals surface area contributed by atoms with Gasteiger partial charge in [-0.1, -0.05) is 23.4 Å². The molecule has 53 valence electrons. The molecule has 3 radical (unpaired) electrons. The van der Waals surface area contributed by atoms with E-state index in [9.17, 15) is 9.59 Å². The molecule has 0 N–H and O–H groups in total. The summed E-state index contributed by atoms with van der Waals surface area (Å²) in [7, 11) is 3.21. The van der Waals surface area contributed by atoms with Gasteiger partial charge in [0.1, 0.15) is 12.6 Å². The van der Waals surface area contributed by atoms with Crippen LogP contribution in [0.4, 0.5) is 0 Å². The average molecular weight is 161 g/mol. The molecule has 0 amide bonds. The van der Waals surface area contributed by atoms with Crippen LogP contribution in [0.25, 0.3) is 0 Å². The summed E-state index contributed by atoms with van der Waals surface area (Å²) in [5.41, 5.74) is 1.10. The van der Waals surface area contributed by atoms with Crippen LogP contribution >= 0.6 is 0 Å². The highest BCUT2D eigenvalue weighted by Crippen LogP contribution is 1.95. The number of hydrogen-bond acceptors (Lipinski definition) is 2. The Balaban J connectivity index is 3.18. The molecular weight excluding hydrogens is 156 g/mol. The Kier molecular flexibility index (Phi) is 2.33. The van der Waals surface area contributed by atoms with Crippen molar-refractivity contribution in [2.45, 2.75) is 0 Å². The van der Waals surface area contributed by atoms with Gasteiger partial charge in [-0.15, -0.1) is 0 Å². The molecule has 0 aromatic heterocycles. The zero-order valence-electron chi connectivity index (χ0n) is 5.70. The summed E-state index contributed by atoms with van der Waals surface area (Å²) < 4.78 is 0. The highest BCUT2D eigenvalue weighted by molar-refractivity contribution is 6.35. The third kappa shape index (κ3) is 1.62. The van der Waals surface area contributed by atoms with Crippen LogP contribution in [0.3, 0.4) is 0 Å². The molecule has 0 aliphatic carbocycles. The summed E-state index contributed by atoms with van der Waals surface area (Å²) in [6.07, 6.45) is 1.47. The Morgan fingerprint density at radius 1 is 1.18 bits per heavy atom. The number of carbonyl (C=O) groups excluding carboxylic acids is 2. The van der Waals surface area contributed by atoms with Crippen LogP contribution in [-0.2, 0) is 0 Å². The Hall–Kier alpha value is -1.22. The lowest BCUT2D eigenvalue weighted by Crippen LogP contribution is -2.10. The molecule has 3 heteroatoms. The summed E-state index contributed by atoms with van der Waals surface area (Å²) in [5.74, 6) is 0. The van der Waals surface area contributed by atoms with Gasteiger partial charge >= 0.3 is 0 Å². The number of benzene rings is 1. The van der Waals surface area contributed by atoms with E-state index in [1.807, 2.05) is 0 Å². The standard InChI is InChI=1S/C8H5O2Si/c9-4-6-1-2-7(5-10)8(11)3-6/h1-5H. The number of hydrogen-bond donors (Lipinski definition) is 0. The molecule has 1 aromatic carbocycles. The maximum Gasteiger partial charge on any atom is 0.150 e. The molecule has 0 saturated carbocycles. The van der Waals surface area contributed by atoms with Crippen LogP contribution in [0.2, 0.25) is 0 Å². The lowest BCUT2D eigenvalue weighted by molar-refractivity contribution is 0.111. The maximum absolute atomic E-state index is 10.3. The summed E-state index contributed by atoms with van der Waals surface area (Å²) in [6, 6.07) is 4.80. The van der Waals surface area contributed by atoms with Crippen LogP contribution < -0.4 is 5.19 Å². The zero-order valence-corrected chi connectivity index (χ0v) is 6.70. The molecule has 0 aliphatic rings. The molecule has 0 saturated heterocycles. The minimum atomic E-state index is 0.548. The first-order chi connectivity index (χ1) is 5.27. The molecule has 0 heterocycles. The van der Waals surface area contributed by atoms with Crippen molar-refractivity contribution in [1.29, 1.82) is 0 Å². The highest BCUT2D eigenvalue weighted by atomic mass is 28.1. The first-order valence-corrected chi connectivity index (χ1v) is 3.54. The zero-order chi connectivity index (χ0) is 8.27. The van der Waals surface area contributed by atoms with Crippen LogP contribution in [0.15, 0.2) is 18.2 Å². The van der Waals surface area contributed by atoms with E-state index in [0.717, 1.165) is 12.6 Å². The van der Waals surface area contributed by atoms with Gasteiger partial charge in [-0.25, -0.2) is 0 Å². The van der Waals surface area contributed by atoms with Gasteiger partial charge in [-0.05, 0) is 0 Å². The van der Waals surface area contributed by atoms with Gasteiger partial charge in [0.25, 0.3) is 0 Å². The van der Waals surface area contributed by atoms with E-state index in [0.29, 0.717) is 16.3 Å². The quantitative estimate of drug-likeness (QED) is 0.455. The Morgan fingerprint density at radius 3 is 2.36 bits per heavy atom. The van der Waals surface area contributed by atoms with Crippen molar-refractivity contribution in [3.05, 3.63) is 29.3 Å². The Morgan fingerprint density at radius 2 is 1.91 bits per heavy atom. The van der Waals surface area contributed by atoms with Gasteiger partial charge in [0, 0.05) is 11.1 Å². The first kappa shape index (κ1) is 7.88. The first-order valence-electron chi connectivity index (χ1n) is 3.04. The minimum Gasteiger partial charge on any atom is -0.298 e. The summed E-state index contributed by atoms with van der Waals surface area (Å²) in [5, 5.41) is 0.643. The number of carbonyl (C=O) groups is 2. The largest absolute Gasteiger partial charge is 0.298 e. The Bertz CT molecular complexity index is 294. The fourth-order valence-corrected chi connectivity index (χ4v) is 1.06. The second-order valence-electron chi connectivity index (χ2n) is 2.08. The van der Waals surface area contributed by atoms with Crippen molar-refractivity contribution in [3.8, 4) is 0 Å². The van der Waals surface area contributed by atoms with Crippen molar-refractivity contribution in [2.24, 2.45) is 0 Å². The van der Waals surface area contributed by atoms with Crippen LogP contribution in [0.1, 0.15) is 20.7 Å². The van der Waals surface area contributed by atoms with E-state index in [4.69, 9.17) is 0 Å². The normalized spacial score (nSPS) is 9.18. The third-order valence-corrected chi connectivity index (χ3v) is 1.77. The molecule has 2 nitrogen and oxygen atoms in total. The Labute approximate surface area is 67.7 Å². The fraction of sp³-hybridized carbons (Fsp3) is 0. The average Bonchev–Trinajstić information content (AvgIpc) is 2.04. The maximum atomic E-state index is 10.3. The molecule has 0 spiro atoms. The van der Waals surface area contributed by atoms with E-state index < -0.39 is 0 Å². The second-order valence-corrected chi connectivity index (χ2v) is 2.62.